The Kier molecular flexibility index (Phi) is 7.35. The van der Waals surface area contributed by atoms with Crippen LogP contribution < -0.4 is 0 Å². The van der Waals surface area contributed by atoms with Gasteiger partial charge in [-0.15, -0.1) is 0 Å². The van der Waals surface area contributed by atoms with Crippen LogP contribution in [0.3, 0.4) is 0 Å². The first-order valence-electron chi connectivity index (χ1n) is 8.12. The molecule has 22 heavy (non-hydrogen) atoms. The fourth-order valence-electron chi connectivity index (χ4n) is 2.75. The van der Waals surface area contributed by atoms with Crippen LogP contribution in [0.25, 0.3) is 0 Å². The molecule has 2 amide bonds. The lowest BCUT2D eigenvalue weighted by molar-refractivity contribution is -0.143. The first kappa shape index (κ1) is 18.5. The van der Waals surface area contributed by atoms with Crippen molar-refractivity contribution in [3.63, 3.8) is 0 Å². The zero-order valence-corrected chi connectivity index (χ0v) is 13.9. The molecule has 2 atom stereocenters. The van der Waals surface area contributed by atoms with Crippen LogP contribution in [0.5, 0.6) is 0 Å². The molecule has 6 heteroatoms. The second kappa shape index (κ2) is 8.76. The molecule has 0 radical (unpaired) electrons. The highest BCUT2D eigenvalue weighted by atomic mass is 16.4. The molecule has 2 unspecified atom stereocenters. The summed E-state index contributed by atoms with van der Waals surface area (Å²) in [5.74, 6) is -0.844. The van der Waals surface area contributed by atoms with Crippen molar-refractivity contribution in [2.75, 3.05) is 26.7 Å². The number of amides is 2. The largest absolute Gasteiger partial charge is 0.481 e. The van der Waals surface area contributed by atoms with Crippen LogP contribution in [0, 0.1) is 11.8 Å². The molecule has 0 aromatic heterocycles. The van der Waals surface area contributed by atoms with Crippen molar-refractivity contribution in [2.45, 2.75) is 46.0 Å². The summed E-state index contributed by atoms with van der Waals surface area (Å²) >= 11 is 0. The summed E-state index contributed by atoms with van der Waals surface area (Å²) in [6.07, 6.45) is 2.98. The third-order valence-corrected chi connectivity index (χ3v) is 4.38. The Labute approximate surface area is 132 Å². The van der Waals surface area contributed by atoms with E-state index in [2.05, 4.69) is 0 Å². The first-order chi connectivity index (χ1) is 10.4. The smallest absolute Gasteiger partial charge is 0.303 e. The number of nitrogens with zero attached hydrogens (tertiary/aromatic N) is 2. The van der Waals surface area contributed by atoms with E-state index < -0.39 is 5.97 Å². The number of carbonyl (C=O) groups excluding carboxylic acids is 2. The van der Waals surface area contributed by atoms with Gasteiger partial charge in [0.2, 0.25) is 11.8 Å². The lowest BCUT2D eigenvalue weighted by Gasteiger charge is -2.35. The molecule has 0 aromatic rings. The number of carboxylic acids is 1. The molecule has 6 nitrogen and oxygen atoms in total. The fraction of sp³-hybridized carbons (Fsp3) is 0.812. The minimum atomic E-state index is -0.844. The van der Waals surface area contributed by atoms with Crippen molar-refractivity contribution in [2.24, 2.45) is 11.8 Å². The average molecular weight is 312 g/mol. The maximum atomic E-state index is 12.4. The summed E-state index contributed by atoms with van der Waals surface area (Å²) in [4.78, 5) is 38.6. The number of carboxylic acid groups (broad SMARTS) is 1. The van der Waals surface area contributed by atoms with Gasteiger partial charge in [0.15, 0.2) is 0 Å². The Hall–Kier alpha value is -1.59. The predicted octanol–water partition coefficient (Wildman–Crippen LogP) is 1.59. The average Bonchev–Trinajstić information content (AvgIpc) is 2.52. The van der Waals surface area contributed by atoms with E-state index in [-0.39, 0.29) is 30.1 Å². The van der Waals surface area contributed by atoms with E-state index in [4.69, 9.17) is 5.11 Å². The molecule has 1 fully saturated rings. The lowest BCUT2D eigenvalue weighted by atomic mass is 9.95. The van der Waals surface area contributed by atoms with Crippen molar-refractivity contribution in [3.8, 4) is 0 Å². The van der Waals surface area contributed by atoms with Crippen molar-refractivity contribution < 1.29 is 19.5 Å². The van der Waals surface area contributed by atoms with Gasteiger partial charge in [-0.25, -0.2) is 0 Å². The summed E-state index contributed by atoms with van der Waals surface area (Å²) in [7, 11) is 1.71. The normalized spacial score (nSPS) is 19.6. The van der Waals surface area contributed by atoms with Crippen LogP contribution in [0.1, 0.15) is 46.0 Å². The van der Waals surface area contributed by atoms with Crippen molar-refractivity contribution in [3.05, 3.63) is 0 Å². The van der Waals surface area contributed by atoms with Gasteiger partial charge in [0, 0.05) is 39.0 Å². The molecule has 0 bridgehead atoms. The van der Waals surface area contributed by atoms with Gasteiger partial charge in [0.25, 0.3) is 0 Å². The zero-order chi connectivity index (χ0) is 16.7. The van der Waals surface area contributed by atoms with Crippen LogP contribution in [0.15, 0.2) is 0 Å². The van der Waals surface area contributed by atoms with Crippen LogP contribution in [0.4, 0.5) is 0 Å². The van der Waals surface area contributed by atoms with Crippen LogP contribution in [0.2, 0.25) is 0 Å². The van der Waals surface area contributed by atoms with Crippen LogP contribution >= 0.6 is 0 Å². The van der Waals surface area contributed by atoms with E-state index >= 15 is 0 Å². The summed E-state index contributed by atoms with van der Waals surface area (Å²) in [5.41, 5.74) is 0. The number of aliphatic carboxylic acids is 1. The highest BCUT2D eigenvalue weighted by molar-refractivity contribution is 5.82. The number of hydrogen-bond donors (Lipinski definition) is 1. The minimum absolute atomic E-state index is 0.00199. The molecular formula is C16H28N2O4. The molecular weight excluding hydrogens is 284 g/mol. The highest BCUT2D eigenvalue weighted by Gasteiger charge is 2.31. The molecule has 1 rings (SSSR count). The maximum Gasteiger partial charge on any atom is 0.303 e. The Morgan fingerprint density at radius 1 is 1.36 bits per heavy atom. The minimum Gasteiger partial charge on any atom is -0.481 e. The van der Waals surface area contributed by atoms with E-state index in [0.29, 0.717) is 19.5 Å². The fourth-order valence-corrected chi connectivity index (χ4v) is 2.75. The third-order valence-electron chi connectivity index (χ3n) is 4.38. The quantitative estimate of drug-likeness (QED) is 0.774. The van der Waals surface area contributed by atoms with Crippen molar-refractivity contribution >= 4 is 17.8 Å². The van der Waals surface area contributed by atoms with Gasteiger partial charge < -0.3 is 14.9 Å². The SMILES string of the molecule is CCC(C)C(=O)N1CCCC(C(=O)N(C)CCCC(=O)O)C1. The van der Waals surface area contributed by atoms with Gasteiger partial charge in [-0.05, 0) is 25.7 Å². The van der Waals surface area contributed by atoms with E-state index in [0.717, 1.165) is 25.8 Å². The topological polar surface area (TPSA) is 77.9 Å². The van der Waals surface area contributed by atoms with E-state index in [1.54, 1.807) is 11.9 Å². The van der Waals surface area contributed by atoms with Crippen LogP contribution in [-0.4, -0.2) is 59.4 Å². The third kappa shape index (κ3) is 5.31. The van der Waals surface area contributed by atoms with Crippen molar-refractivity contribution in [1.82, 2.24) is 9.80 Å². The predicted molar refractivity (Wildman–Crippen MR) is 83.3 cm³/mol. The van der Waals surface area contributed by atoms with Gasteiger partial charge in [-0.2, -0.15) is 0 Å². The van der Waals surface area contributed by atoms with Gasteiger partial charge in [0.1, 0.15) is 0 Å². The first-order valence-corrected chi connectivity index (χ1v) is 8.12. The van der Waals surface area contributed by atoms with Gasteiger partial charge >= 0.3 is 5.97 Å². The maximum absolute atomic E-state index is 12.4. The van der Waals surface area contributed by atoms with Crippen LogP contribution in [-0.2, 0) is 14.4 Å². The van der Waals surface area contributed by atoms with Crippen molar-refractivity contribution in [1.29, 1.82) is 0 Å². The number of rotatable bonds is 7. The molecule has 1 heterocycles. The number of hydrogen-bond acceptors (Lipinski definition) is 3. The Balaban J connectivity index is 2.51. The molecule has 0 spiro atoms. The monoisotopic (exact) mass is 312 g/mol. The summed E-state index contributed by atoms with van der Waals surface area (Å²) in [6.45, 7) is 5.58. The van der Waals surface area contributed by atoms with E-state index in [9.17, 15) is 14.4 Å². The number of carbonyl (C=O) groups is 3. The number of piperidine rings is 1. The summed E-state index contributed by atoms with van der Waals surface area (Å²) in [5, 5.41) is 8.64. The lowest BCUT2D eigenvalue weighted by Crippen LogP contribution is -2.47. The van der Waals surface area contributed by atoms with E-state index in [1.807, 2.05) is 18.7 Å². The van der Waals surface area contributed by atoms with Gasteiger partial charge in [0.05, 0.1) is 5.92 Å². The van der Waals surface area contributed by atoms with E-state index in [1.165, 1.54) is 0 Å². The molecule has 0 aliphatic carbocycles. The molecule has 1 aliphatic rings. The molecule has 126 valence electrons. The second-order valence-electron chi connectivity index (χ2n) is 6.19. The molecule has 0 saturated carbocycles. The second-order valence-corrected chi connectivity index (χ2v) is 6.19. The standard InChI is InChI=1S/C16H28N2O4/c1-4-12(2)15(21)18-10-5-7-13(11-18)16(22)17(3)9-6-8-14(19)20/h12-13H,4-11H2,1-3H3,(H,19,20). The molecule has 1 saturated heterocycles. The Morgan fingerprint density at radius 2 is 2.05 bits per heavy atom. The highest BCUT2D eigenvalue weighted by Crippen LogP contribution is 2.21. The number of likely N-dealkylation sites (tertiary alicyclic amines) is 1. The summed E-state index contributed by atoms with van der Waals surface area (Å²) < 4.78 is 0. The zero-order valence-electron chi connectivity index (χ0n) is 13.9. The molecule has 1 N–H and O–H groups in total. The Morgan fingerprint density at radius 3 is 2.64 bits per heavy atom. The molecule has 0 aromatic carbocycles. The molecule has 1 aliphatic heterocycles. The summed E-state index contributed by atoms with van der Waals surface area (Å²) in [6, 6.07) is 0. The Bertz CT molecular complexity index is 411. The van der Waals surface area contributed by atoms with Gasteiger partial charge in [-0.1, -0.05) is 13.8 Å². The van der Waals surface area contributed by atoms with Gasteiger partial charge in [-0.3, -0.25) is 14.4 Å².